The third-order valence-electron chi connectivity index (χ3n) is 3.87. The first-order valence-corrected chi connectivity index (χ1v) is 7.17. The van der Waals surface area contributed by atoms with Gasteiger partial charge in [0, 0.05) is 24.7 Å². The monoisotopic (exact) mass is 268 g/mol. The summed E-state index contributed by atoms with van der Waals surface area (Å²) < 4.78 is 0. The van der Waals surface area contributed by atoms with Crippen molar-refractivity contribution in [3.8, 4) is 11.4 Å². The second kappa shape index (κ2) is 5.49. The molecule has 1 aromatic heterocycles. The van der Waals surface area contributed by atoms with Gasteiger partial charge in [0.25, 0.3) is 0 Å². The van der Waals surface area contributed by atoms with Crippen molar-refractivity contribution in [3.63, 3.8) is 0 Å². The molecule has 4 heteroatoms. The first-order chi connectivity index (χ1) is 9.72. The van der Waals surface area contributed by atoms with E-state index >= 15 is 0 Å². The summed E-state index contributed by atoms with van der Waals surface area (Å²) in [4.78, 5) is 11.4. The van der Waals surface area contributed by atoms with Crippen LogP contribution in [0.5, 0.6) is 0 Å². The molecule has 2 aromatic rings. The van der Waals surface area contributed by atoms with Gasteiger partial charge in [-0.15, -0.1) is 0 Å². The van der Waals surface area contributed by atoms with Crippen molar-refractivity contribution in [2.45, 2.75) is 19.8 Å². The first kappa shape index (κ1) is 12.9. The van der Waals surface area contributed by atoms with E-state index in [-0.39, 0.29) is 0 Å². The van der Waals surface area contributed by atoms with E-state index in [4.69, 9.17) is 5.73 Å². The second-order valence-electron chi connectivity index (χ2n) is 5.51. The van der Waals surface area contributed by atoms with E-state index in [9.17, 15) is 0 Å². The predicted octanol–water partition coefficient (Wildman–Crippen LogP) is 2.96. The van der Waals surface area contributed by atoms with Crippen LogP contribution in [0.3, 0.4) is 0 Å². The molecule has 4 nitrogen and oxygen atoms in total. The fourth-order valence-corrected chi connectivity index (χ4v) is 2.57. The third kappa shape index (κ3) is 2.74. The van der Waals surface area contributed by atoms with E-state index in [2.05, 4.69) is 21.8 Å². The number of anilines is 2. The molecule has 0 saturated carbocycles. The minimum atomic E-state index is 0.535. The first-order valence-electron chi connectivity index (χ1n) is 7.17. The highest BCUT2D eigenvalue weighted by Crippen LogP contribution is 2.25. The van der Waals surface area contributed by atoms with Gasteiger partial charge in [-0.25, -0.2) is 9.97 Å². The van der Waals surface area contributed by atoms with Crippen molar-refractivity contribution in [2.24, 2.45) is 5.92 Å². The van der Waals surface area contributed by atoms with Gasteiger partial charge in [-0.05, 0) is 18.8 Å². The molecule has 0 unspecified atom stereocenters. The summed E-state index contributed by atoms with van der Waals surface area (Å²) in [5, 5.41) is 0. The zero-order valence-electron chi connectivity index (χ0n) is 11.8. The molecule has 0 atom stereocenters. The summed E-state index contributed by atoms with van der Waals surface area (Å²) >= 11 is 0. The summed E-state index contributed by atoms with van der Waals surface area (Å²) in [7, 11) is 0. The minimum Gasteiger partial charge on any atom is -0.384 e. The number of nitrogens with two attached hydrogens (primary N) is 1. The predicted molar refractivity (Wildman–Crippen MR) is 82.5 cm³/mol. The van der Waals surface area contributed by atoms with Crippen LogP contribution in [0.2, 0.25) is 0 Å². The van der Waals surface area contributed by atoms with E-state index in [1.807, 2.05) is 36.4 Å². The normalized spacial score (nSPS) is 16.4. The van der Waals surface area contributed by atoms with Crippen LogP contribution in [-0.4, -0.2) is 23.1 Å². The summed E-state index contributed by atoms with van der Waals surface area (Å²) in [5.74, 6) is 2.99. The zero-order chi connectivity index (χ0) is 13.9. The number of nitrogens with zero attached hydrogens (tertiary/aromatic N) is 3. The van der Waals surface area contributed by atoms with E-state index < -0.39 is 0 Å². The lowest BCUT2D eigenvalue weighted by Crippen LogP contribution is -2.33. The highest BCUT2D eigenvalue weighted by Gasteiger charge is 2.18. The van der Waals surface area contributed by atoms with E-state index in [0.29, 0.717) is 11.6 Å². The zero-order valence-corrected chi connectivity index (χ0v) is 11.8. The number of hydrogen-bond donors (Lipinski definition) is 1. The fraction of sp³-hybridized carbons (Fsp3) is 0.375. The topological polar surface area (TPSA) is 55.0 Å². The summed E-state index contributed by atoms with van der Waals surface area (Å²) in [6.45, 7) is 4.40. The number of rotatable bonds is 2. The molecule has 0 bridgehead atoms. The molecule has 0 radical (unpaired) electrons. The molecule has 3 rings (SSSR count). The largest absolute Gasteiger partial charge is 0.384 e. The number of nitrogen functional groups attached to an aromatic ring is 1. The van der Waals surface area contributed by atoms with Crippen LogP contribution in [0.1, 0.15) is 19.8 Å². The smallest absolute Gasteiger partial charge is 0.163 e. The maximum absolute atomic E-state index is 5.95. The molecule has 1 fully saturated rings. The molecule has 2 heterocycles. The fourth-order valence-electron chi connectivity index (χ4n) is 2.57. The van der Waals surface area contributed by atoms with Crippen molar-refractivity contribution < 1.29 is 0 Å². The van der Waals surface area contributed by atoms with Gasteiger partial charge in [-0.2, -0.15) is 0 Å². The van der Waals surface area contributed by atoms with Gasteiger partial charge in [0.1, 0.15) is 11.6 Å². The number of hydrogen-bond acceptors (Lipinski definition) is 4. The van der Waals surface area contributed by atoms with Gasteiger partial charge in [-0.1, -0.05) is 37.3 Å². The molecular formula is C16H20N4. The Bertz CT molecular complexity index is 574. The molecule has 0 spiro atoms. The average molecular weight is 268 g/mol. The second-order valence-corrected chi connectivity index (χ2v) is 5.51. The Kier molecular flexibility index (Phi) is 3.54. The Labute approximate surface area is 119 Å². The minimum absolute atomic E-state index is 0.535. The lowest BCUT2D eigenvalue weighted by molar-refractivity contribution is 0.436. The van der Waals surface area contributed by atoms with Crippen LogP contribution < -0.4 is 10.6 Å². The van der Waals surface area contributed by atoms with Crippen LogP contribution in [-0.2, 0) is 0 Å². The maximum Gasteiger partial charge on any atom is 0.163 e. The Hall–Kier alpha value is -2.10. The summed E-state index contributed by atoms with van der Waals surface area (Å²) in [6, 6.07) is 11.9. The Morgan fingerprint density at radius 3 is 2.50 bits per heavy atom. The number of piperidine rings is 1. The van der Waals surface area contributed by atoms with Crippen LogP contribution in [0, 0.1) is 5.92 Å². The van der Waals surface area contributed by atoms with Gasteiger partial charge in [-0.3, -0.25) is 0 Å². The summed E-state index contributed by atoms with van der Waals surface area (Å²) in [5.41, 5.74) is 6.96. The highest BCUT2D eigenvalue weighted by atomic mass is 15.2. The van der Waals surface area contributed by atoms with Gasteiger partial charge in [0.2, 0.25) is 0 Å². The number of benzene rings is 1. The van der Waals surface area contributed by atoms with Crippen LogP contribution in [0.25, 0.3) is 11.4 Å². The molecule has 20 heavy (non-hydrogen) atoms. The maximum atomic E-state index is 5.95. The number of aromatic nitrogens is 2. The molecule has 1 aliphatic rings. The van der Waals surface area contributed by atoms with Crippen molar-refractivity contribution in [1.29, 1.82) is 0 Å². The van der Waals surface area contributed by atoms with Crippen LogP contribution in [0.4, 0.5) is 11.6 Å². The van der Waals surface area contributed by atoms with Gasteiger partial charge < -0.3 is 10.6 Å². The standard InChI is InChI=1S/C16H20N4/c1-12-7-9-20(10-8-12)15-11-14(17)18-16(19-15)13-5-3-2-4-6-13/h2-6,11-12H,7-10H2,1H3,(H2,17,18,19). The van der Waals surface area contributed by atoms with Gasteiger partial charge in [0.15, 0.2) is 5.82 Å². The van der Waals surface area contributed by atoms with Crippen molar-refractivity contribution in [2.75, 3.05) is 23.7 Å². The molecule has 0 amide bonds. The van der Waals surface area contributed by atoms with E-state index in [1.54, 1.807) is 0 Å². The van der Waals surface area contributed by atoms with Crippen molar-refractivity contribution in [3.05, 3.63) is 36.4 Å². The van der Waals surface area contributed by atoms with Crippen LogP contribution >= 0.6 is 0 Å². The van der Waals surface area contributed by atoms with Crippen LogP contribution in [0.15, 0.2) is 36.4 Å². The van der Waals surface area contributed by atoms with Crippen molar-refractivity contribution in [1.82, 2.24) is 9.97 Å². The molecule has 0 aliphatic carbocycles. The summed E-state index contributed by atoms with van der Waals surface area (Å²) in [6.07, 6.45) is 2.43. The van der Waals surface area contributed by atoms with E-state index in [0.717, 1.165) is 30.4 Å². The van der Waals surface area contributed by atoms with E-state index in [1.165, 1.54) is 12.8 Å². The average Bonchev–Trinajstić information content (AvgIpc) is 2.48. The molecule has 1 aromatic carbocycles. The Morgan fingerprint density at radius 1 is 1.10 bits per heavy atom. The highest BCUT2D eigenvalue weighted by molar-refractivity contribution is 5.60. The quantitative estimate of drug-likeness (QED) is 0.909. The molecule has 1 aliphatic heterocycles. The molecule has 1 saturated heterocycles. The third-order valence-corrected chi connectivity index (χ3v) is 3.87. The lowest BCUT2D eigenvalue weighted by atomic mass is 9.99. The molecular weight excluding hydrogens is 248 g/mol. The lowest BCUT2D eigenvalue weighted by Gasteiger charge is -2.31. The van der Waals surface area contributed by atoms with Crippen molar-refractivity contribution >= 4 is 11.6 Å². The molecule has 104 valence electrons. The van der Waals surface area contributed by atoms with Gasteiger partial charge >= 0.3 is 0 Å². The van der Waals surface area contributed by atoms with Gasteiger partial charge in [0.05, 0.1) is 0 Å². The molecule has 2 N–H and O–H groups in total. The SMILES string of the molecule is CC1CCN(c2cc(N)nc(-c3ccccc3)n2)CC1. The Balaban J connectivity index is 1.91. The Morgan fingerprint density at radius 2 is 1.80 bits per heavy atom.